The van der Waals surface area contributed by atoms with Crippen molar-refractivity contribution in [1.82, 2.24) is 4.90 Å². The molecule has 0 aromatic carbocycles. The summed E-state index contributed by atoms with van der Waals surface area (Å²) in [5.41, 5.74) is 6.49. The molecule has 1 unspecified atom stereocenters. The van der Waals surface area contributed by atoms with Gasteiger partial charge in [0, 0.05) is 19.6 Å². The van der Waals surface area contributed by atoms with Gasteiger partial charge in [-0.3, -0.25) is 0 Å². The minimum Gasteiger partial charge on any atom is -0.329 e. The van der Waals surface area contributed by atoms with E-state index >= 15 is 0 Å². The van der Waals surface area contributed by atoms with Gasteiger partial charge in [0.1, 0.15) is 0 Å². The van der Waals surface area contributed by atoms with Crippen LogP contribution in [0.25, 0.3) is 0 Å². The van der Waals surface area contributed by atoms with E-state index in [-0.39, 0.29) is 0 Å². The van der Waals surface area contributed by atoms with Gasteiger partial charge in [-0.25, -0.2) is 0 Å². The van der Waals surface area contributed by atoms with Gasteiger partial charge in [-0.2, -0.15) is 0 Å². The summed E-state index contributed by atoms with van der Waals surface area (Å²) < 4.78 is 0. The number of rotatable bonds is 3. The van der Waals surface area contributed by atoms with Crippen LogP contribution in [-0.4, -0.2) is 31.1 Å². The third-order valence-electron chi connectivity index (χ3n) is 6.67. The molecule has 5 aliphatic rings. The molecule has 0 amide bonds. The number of hydrogen-bond acceptors (Lipinski definition) is 2. The Morgan fingerprint density at radius 3 is 2.17 bits per heavy atom. The van der Waals surface area contributed by atoms with Crippen LogP contribution in [0.4, 0.5) is 0 Å². The van der Waals surface area contributed by atoms with Crippen molar-refractivity contribution >= 4 is 0 Å². The van der Waals surface area contributed by atoms with E-state index in [0.717, 1.165) is 42.2 Å². The molecule has 0 aromatic rings. The molecule has 18 heavy (non-hydrogen) atoms. The summed E-state index contributed by atoms with van der Waals surface area (Å²) in [6, 6.07) is 0. The van der Waals surface area contributed by atoms with E-state index in [0.29, 0.717) is 0 Å². The Kier molecular flexibility index (Phi) is 2.74. The highest BCUT2D eigenvalue weighted by Crippen LogP contribution is 2.63. The molecule has 2 N–H and O–H groups in total. The molecular formula is C16H28N2. The highest BCUT2D eigenvalue weighted by Gasteiger charge is 2.54. The Morgan fingerprint density at radius 2 is 1.61 bits per heavy atom. The van der Waals surface area contributed by atoms with Crippen molar-refractivity contribution in [1.29, 1.82) is 0 Å². The topological polar surface area (TPSA) is 29.3 Å². The SMILES string of the molecule is NCCN1CCC(C23CC4CC(CC(C4)C2)C3)C1. The second-order valence-electron chi connectivity index (χ2n) is 7.85. The van der Waals surface area contributed by atoms with Crippen LogP contribution in [0.1, 0.15) is 44.9 Å². The molecular weight excluding hydrogens is 220 g/mol. The molecule has 4 saturated carbocycles. The largest absolute Gasteiger partial charge is 0.329 e. The lowest BCUT2D eigenvalue weighted by atomic mass is 9.46. The van der Waals surface area contributed by atoms with E-state index < -0.39 is 0 Å². The second kappa shape index (κ2) is 4.21. The third kappa shape index (κ3) is 1.76. The first-order valence-corrected chi connectivity index (χ1v) is 8.20. The van der Waals surface area contributed by atoms with Gasteiger partial charge >= 0.3 is 0 Å². The minimum absolute atomic E-state index is 0.776. The molecule has 4 bridgehead atoms. The Bertz CT molecular complexity index is 290. The summed E-state index contributed by atoms with van der Waals surface area (Å²) in [6.45, 7) is 4.66. The van der Waals surface area contributed by atoms with E-state index in [1.54, 1.807) is 38.5 Å². The smallest absolute Gasteiger partial charge is 0.0105 e. The summed E-state index contributed by atoms with van der Waals surface area (Å²) in [4.78, 5) is 2.63. The Morgan fingerprint density at radius 1 is 1.00 bits per heavy atom. The zero-order valence-electron chi connectivity index (χ0n) is 11.6. The van der Waals surface area contributed by atoms with E-state index in [1.165, 1.54) is 19.5 Å². The van der Waals surface area contributed by atoms with Gasteiger partial charge in [-0.1, -0.05) is 0 Å². The summed E-state index contributed by atoms with van der Waals surface area (Å²) in [5.74, 6) is 4.34. The Balaban J connectivity index is 1.51. The van der Waals surface area contributed by atoms with E-state index in [2.05, 4.69) is 4.90 Å². The van der Waals surface area contributed by atoms with Crippen molar-refractivity contribution in [3.05, 3.63) is 0 Å². The van der Waals surface area contributed by atoms with Crippen LogP contribution in [0.3, 0.4) is 0 Å². The van der Waals surface area contributed by atoms with Crippen molar-refractivity contribution in [3.63, 3.8) is 0 Å². The summed E-state index contributed by atoms with van der Waals surface area (Å²) in [7, 11) is 0. The zero-order chi connectivity index (χ0) is 12.2. The monoisotopic (exact) mass is 248 g/mol. The van der Waals surface area contributed by atoms with Gasteiger partial charge in [0.2, 0.25) is 0 Å². The zero-order valence-corrected chi connectivity index (χ0v) is 11.6. The molecule has 1 atom stereocenters. The van der Waals surface area contributed by atoms with Gasteiger partial charge in [0.25, 0.3) is 0 Å². The normalized spacial score (nSPS) is 51.2. The first-order valence-electron chi connectivity index (χ1n) is 8.20. The fourth-order valence-corrected chi connectivity index (χ4v) is 6.40. The van der Waals surface area contributed by atoms with Crippen LogP contribution < -0.4 is 5.73 Å². The molecule has 2 nitrogen and oxygen atoms in total. The van der Waals surface area contributed by atoms with E-state index in [1.807, 2.05) is 0 Å². The number of likely N-dealkylation sites (tertiary alicyclic amines) is 1. The molecule has 0 aromatic heterocycles. The van der Waals surface area contributed by atoms with E-state index in [4.69, 9.17) is 5.73 Å². The Labute approximate surface area is 111 Å². The molecule has 5 fully saturated rings. The number of nitrogens with two attached hydrogens (primary N) is 1. The van der Waals surface area contributed by atoms with Crippen molar-refractivity contribution in [2.75, 3.05) is 26.2 Å². The third-order valence-corrected chi connectivity index (χ3v) is 6.67. The lowest BCUT2D eigenvalue weighted by Crippen LogP contribution is -2.50. The molecule has 2 heteroatoms. The van der Waals surface area contributed by atoms with Crippen LogP contribution in [0.15, 0.2) is 0 Å². The van der Waals surface area contributed by atoms with Crippen LogP contribution in [0.2, 0.25) is 0 Å². The van der Waals surface area contributed by atoms with Crippen molar-refractivity contribution in [3.8, 4) is 0 Å². The minimum atomic E-state index is 0.776. The van der Waals surface area contributed by atoms with E-state index in [9.17, 15) is 0 Å². The molecule has 0 radical (unpaired) electrons. The lowest BCUT2D eigenvalue weighted by Gasteiger charge is -2.59. The standard InChI is InChI=1S/C16H28N2/c17-2-4-18-3-1-15(11-18)16-8-12-5-13(9-16)7-14(6-12)10-16/h12-15H,1-11,17H2. The lowest BCUT2D eigenvalue weighted by molar-refractivity contribution is -0.0844. The van der Waals surface area contributed by atoms with Gasteiger partial charge in [-0.15, -0.1) is 0 Å². The van der Waals surface area contributed by atoms with Gasteiger partial charge < -0.3 is 10.6 Å². The second-order valence-corrected chi connectivity index (χ2v) is 7.85. The average molecular weight is 248 g/mol. The van der Waals surface area contributed by atoms with Crippen LogP contribution in [-0.2, 0) is 0 Å². The number of hydrogen-bond donors (Lipinski definition) is 1. The molecule has 5 rings (SSSR count). The first-order chi connectivity index (χ1) is 8.77. The average Bonchev–Trinajstić information content (AvgIpc) is 2.77. The molecule has 102 valence electrons. The van der Waals surface area contributed by atoms with Crippen LogP contribution >= 0.6 is 0 Å². The highest BCUT2D eigenvalue weighted by molar-refractivity contribution is 5.05. The van der Waals surface area contributed by atoms with Gasteiger partial charge in [0.05, 0.1) is 0 Å². The predicted octanol–water partition coefficient (Wildman–Crippen LogP) is 2.48. The highest BCUT2D eigenvalue weighted by atomic mass is 15.2. The maximum atomic E-state index is 5.72. The summed E-state index contributed by atoms with van der Waals surface area (Å²) >= 11 is 0. The quantitative estimate of drug-likeness (QED) is 0.831. The van der Waals surface area contributed by atoms with Crippen molar-refractivity contribution in [2.24, 2.45) is 34.8 Å². The fraction of sp³-hybridized carbons (Fsp3) is 1.00. The van der Waals surface area contributed by atoms with Crippen molar-refractivity contribution in [2.45, 2.75) is 44.9 Å². The fourth-order valence-electron chi connectivity index (χ4n) is 6.40. The Hall–Kier alpha value is -0.0800. The molecule has 0 spiro atoms. The molecule has 1 aliphatic heterocycles. The summed E-state index contributed by atoms with van der Waals surface area (Å²) in [6.07, 6.45) is 11.0. The van der Waals surface area contributed by atoms with Crippen LogP contribution in [0.5, 0.6) is 0 Å². The molecule has 4 aliphatic carbocycles. The molecule has 1 heterocycles. The maximum Gasteiger partial charge on any atom is 0.0105 e. The summed E-state index contributed by atoms with van der Waals surface area (Å²) in [5, 5.41) is 0. The van der Waals surface area contributed by atoms with Gasteiger partial charge in [0.15, 0.2) is 0 Å². The van der Waals surface area contributed by atoms with Crippen LogP contribution in [0, 0.1) is 29.1 Å². The molecule has 1 saturated heterocycles. The first kappa shape index (κ1) is 11.7. The van der Waals surface area contributed by atoms with Crippen molar-refractivity contribution < 1.29 is 0 Å². The number of nitrogens with zero attached hydrogens (tertiary/aromatic N) is 1. The van der Waals surface area contributed by atoms with Gasteiger partial charge in [-0.05, 0) is 80.6 Å². The predicted molar refractivity (Wildman–Crippen MR) is 74.2 cm³/mol. The maximum absolute atomic E-state index is 5.72.